The lowest BCUT2D eigenvalue weighted by molar-refractivity contribution is -0.127. The maximum absolute atomic E-state index is 16.0. The van der Waals surface area contributed by atoms with Crippen LogP contribution in [0.25, 0.3) is 21.8 Å². The molecule has 4 aromatic rings. The van der Waals surface area contributed by atoms with Gasteiger partial charge in [0, 0.05) is 43.1 Å². The quantitative estimate of drug-likeness (QED) is 0.192. The standard InChI is InChI=1S/C31H32F3N5O3S2/c1-31(2,3)30-37-28(20-8-6-9-22(27(20)34)38-44(41,42)24-18-19(32)12-13-21(24)33)29(43-30)23-14-15-35-25(36-23)10-4-5-16-39-17-7-11-26(39)40/h6,8-9,12-15,18,38H,4-5,7,10-11,16-17H2,1-3H3. The summed E-state index contributed by atoms with van der Waals surface area (Å²) in [5.74, 6) is -2.25. The van der Waals surface area contributed by atoms with Crippen LogP contribution in [-0.4, -0.2) is 47.3 Å². The van der Waals surface area contributed by atoms with E-state index in [9.17, 15) is 22.0 Å². The minimum atomic E-state index is -4.66. The summed E-state index contributed by atoms with van der Waals surface area (Å²) in [5, 5.41) is 0.713. The maximum atomic E-state index is 16.0. The summed E-state index contributed by atoms with van der Waals surface area (Å²) < 4.78 is 71.9. The van der Waals surface area contributed by atoms with Gasteiger partial charge in [0.15, 0.2) is 5.82 Å². The first-order valence-corrected chi connectivity index (χ1v) is 16.5. The summed E-state index contributed by atoms with van der Waals surface area (Å²) in [4.78, 5) is 27.3. The van der Waals surface area contributed by atoms with Gasteiger partial charge < -0.3 is 4.90 Å². The largest absolute Gasteiger partial charge is 0.343 e. The number of hydrogen-bond acceptors (Lipinski definition) is 7. The van der Waals surface area contributed by atoms with Gasteiger partial charge in [-0.2, -0.15) is 0 Å². The number of thiazole rings is 1. The van der Waals surface area contributed by atoms with E-state index >= 15 is 4.39 Å². The van der Waals surface area contributed by atoms with E-state index in [0.29, 0.717) is 52.9 Å². The molecule has 1 aliphatic rings. The van der Waals surface area contributed by atoms with Gasteiger partial charge >= 0.3 is 0 Å². The van der Waals surface area contributed by atoms with E-state index in [1.165, 1.54) is 29.5 Å². The summed E-state index contributed by atoms with van der Waals surface area (Å²) in [6.45, 7) is 7.44. The summed E-state index contributed by atoms with van der Waals surface area (Å²) in [6.07, 6.45) is 5.36. The number of amides is 1. The number of nitrogens with one attached hydrogen (secondary N) is 1. The van der Waals surface area contributed by atoms with E-state index in [4.69, 9.17) is 9.97 Å². The van der Waals surface area contributed by atoms with Crippen molar-refractivity contribution in [1.82, 2.24) is 19.9 Å². The Balaban J connectivity index is 1.45. The van der Waals surface area contributed by atoms with E-state index in [-0.39, 0.29) is 22.6 Å². The predicted molar refractivity (Wildman–Crippen MR) is 163 cm³/mol. The number of anilines is 1. The average Bonchev–Trinajstić information content (AvgIpc) is 3.60. The van der Waals surface area contributed by atoms with Gasteiger partial charge in [0.05, 0.1) is 27.0 Å². The number of aryl methyl sites for hydroxylation is 1. The molecule has 3 heterocycles. The number of benzene rings is 2. The van der Waals surface area contributed by atoms with Crippen LogP contribution in [0.3, 0.4) is 0 Å². The fourth-order valence-corrected chi connectivity index (χ4v) is 7.10. The normalized spacial score (nSPS) is 14.0. The Hall–Kier alpha value is -3.84. The minimum Gasteiger partial charge on any atom is -0.343 e. The van der Waals surface area contributed by atoms with E-state index in [1.54, 1.807) is 12.3 Å². The van der Waals surface area contributed by atoms with Crippen molar-refractivity contribution in [3.63, 3.8) is 0 Å². The molecule has 0 saturated carbocycles. The Morgan fingerprint density at radius 3 is 2.57 bits per heavy atom. The van der Waals surface area contributed by atoms with Crippen LogP contribution in [0.15, 0.2) is 53.6 Å². The molecule has 5 rings (SSSR count). The zero-order chi connectivity index (χ0) is 31.6. The number of nitrogens with zero attached hydrogens (tertiary/aromatic N) is 4. The third kappa shape index (κ3) is 6.94. The van der Waals surface area contributed by atoms with E-state index < -0.39 is 38.1 Å². The lowest BCUT2D eigenvalue weighted by Gasteiger charge is -2.14. The third-order valence-electron chi connectivity index (χ3n) is 7.14. The number of carbonyl (C=O) groups excluding carboxylic acids is 1. The second-order valence-electron chi connectivity index (χ2n) is 11.6. The van der Waals surface area contributed by atoms with Crippen molar-refractivity contribution in [3.05, 3.63) is 76.9 Å². The van der Waals surface area contributed by atoms with E-state index in [2.05, 4.69) is 9.71 Å². The third-order valence-corrected chi connectivity index (χ3v) is 10.0. The molecule has 2 aromatic heterocycles. The molecular formula is C31H32F3N5O3S2. The average molecular weight is 644 g/mol. The van der Waals surface area contributed by atoms with Crippen LogP contribution in [0.1, 0.15) is 57.3 Å². The van der Waals surface area contributed by atoms with Gasteiger partial charge in [0.1, 0.15) is 22.4 Å². The minimum absolute atomic E-state index is 0.0158. The molecule has 1 aliphatic heterocycles. The first-order valence-electron chi connectivity index (χ1n) is 14.2. The summed E-state index contributed by atoms with van der Waals surface area (Å²) in [5.41, 5.74) is 0.00223. The molecule has 1 fully saturated rings. The van der Waals surface area contributed by atoms with Gasteiger partial charge in [-0.05, 0) is 55.7 Å². The van der Waals surface area contributed by atoms with Gasteiger partial charge in [-0.25, -0.2) is 36.5 Å². The summed E-state index contributed by atoms with van der Waals surface area (Å²) >= 11 is 1.35. The molecule has 1 N–H and O–H groups in total. The number of carbonyl (C=O) groups is 1. The number of halogens is 3. The Kier molecular flexibility index (Phi) is 9.07. The van der Waals surface area contributed by atoms with Gasteiger partial charge in [0.25, 0.3) is 10.0 Å². The molecule has 0 atom stereocenters. The number of rotatable bonds is 10. The van der Waals surface area contributed by atoms with Crippen molar-refractivity contribution >= 4 is 33.0 Å². The molecule has 0 unspecified atom stereocenters. The molecule has 0 radical (unpaired) electrons. The lowest BCUT2D eigenvalue weighted by atomic mass is 9.98. The zero-order valence-electron chi connectivity index (χ0n) is 24.5. The summed E-state index contributed by atoms with van der Waals surface area (Å²) in [6, 6.07) is 7.86. The first kappa shape index (κ1) is 31.6. The molecular weight excluding hydrogens is 612 g/mol. The first-order chi connectivity index (χ1) is 20.8. The highest BCUT2D eigenvalue weighted by molar-refractivity contribution is 7.92. The Morgan fingerprint density at radius 1 is 1.05 bits per heavy atom. The topological polar surface area (TPSA) is 105 Å². The highest BCUT2D eigenvalue weighted by Gasteiger charge is 2.28. The van der Waals surface area contributed by atoms with Crippen molar-refractivity contribution in [1.29, 1.82) is 0 Å². The van der Waals surface area contributed by atoms with Crippen LogP contribution in [-0.2, 0) is 26.7 Å². The summed E-state index contributed by atoms with van der Waals surface area (Å²) in [7, 11) is -4.66. The lowest BCUT2D eigenvalue weighted by Crippen LogP contribution is -2.25. The predicted octanol–water partition coefficient (Wildman–Crippen LogP) is 6.73. The van der Waals surface area contributed by atoms with Crippen molar-refractivity contribution in [2.75, 3.05) is 17.8 Å². The van der Waals surface area contributed by atoms with Crippen LogP contribution in [0, 0.1) is 17.5 Å². The van der Waals surface area contributed by atoms with Gasteiger partial charge in [-0.3, -0.25) is 9.52 Å². The molecule has 2 aromatic carbocycles. The van der Waals surface area contributed by atoms with Gasteiger partial charge in [-0.1, -0.05) is 26.8 Å². The molecule has 1 amide bonds. The number of likely N-dealkylation sites (tertiary alicyclic amines) is 1. The van der Waals surface area contributed by atoms with Crippen LogP contribution in [0.4, 0.5) is 18.9 Å². The number of sulfonamides is 1. The molecule has 0 bridgehead atoms. The van der Waals surface area contributed by atoms with Gasteiger partial charge in [0.2, 0.25) is 5.91 Å². The Morgan fingerprint density at radius 2 is 1.84 bits per heavy atom. The molecule has 1 saturated heterocycles. The Labute approximate surface area is 258 Å². The Bertz CT molecular complexity index is 1810. The van der Waals surface area contributed by atoms with Crippen molar-refractivity contribution in [2.45, 2.75) is 63.2 Å². The zero-order valence-corrected chi connectivity index (χ0v) is 26.2. The van der Waals surface area contributed by atoms with Crippen LogP contribution < -0.4 is 4.72 Å². The van der Waals surface area contributed by atoms with Crippen molar-refractivity contribution in [3.8, 4) is 21.8 Å². The number of hydrogen-bond donors (Lipinski definition) is 1. The van der Waals surface area contributed by atoms with E-state index in [0.717, 1.165) is 31.9 Å². The smallest absolute Gasteiger partial charge is 0.265 e. The highest BCUT2D eigenvalue weighted by atomic mass is 32.2. The van der Waals surface area contributed by atoms with Crippen molar-refractivity contribution < 1.29 is 26.4 Å². The molecule has 13 heteroatoms. The number of aromatic nitrogens is 3. The van der Waals surface area contributed by atoms with E-state index in [1.807, 2.05) is 25.7 Å². The second kappa shape index (κ2) is 12.6. The van der Waals surface area contributed by atoms with Crippen LogP contribution >= 0.6 is 11.3 Å². The monoisotopic (exact) mass is 643 g/mol. The second-order valence-corrected chi connectivity index (χ2v) is 14.2. The fraction of sp³-hybridized carbons (Fsp3) is 0.355. The molecule has 0 aliphatic carbocycles. The molecule has 232 valence electrons. The SMILES string of the molecule is CC(C)(C)c1nc(-c2cccc(NS(=O)(=O)c3cc(F)ccc3F)c2F)c(-c2ccnc(CCCCN3CCCC3=O)n2)s1. The van der Waals surface area contributed by atoms with Crippen molar-refractivity contribution in [2.24, 2.45) is 0 Å². The maximum Gasteiger partial charge on any atom is 0.265 e. The molecule has 44 heavy (non-hydrogen) atoms. The van der Waals surface area contributed by atoms with Crippen LogP contribution in [0.5, 0.6) is 0 Å². The van der Waals surface area contributed by atoms with Gasteiger partial charge in [-0.15, -0.1) is 11.3 Å². The van der Waals surface area contributed by atoms with Crippen LogP contribution in [0.2, 0.25) is 0 Å². The molecule has 8 nitrogen and oxygen atoms in total. The number of unbranched alkanes of at least 4 members (excludes halogenated alkanes) is 1. The fourth-order valence-electron chi connectivity index (χ4n) is 4.85. The highest BCUT2D eigenvalue weighted by Crippen LogP contribution is 2.42. The molecule has 0 spiro atoms.